The molecule has 3 aromatic rings. The average molecular weight is 196 g/mol. The molecule has 0 fully saturated rings. The summed E-state index contributed by atoms with van der Waals surface area (Å²) in [6.07, 6.45) is 5.25. The lowest BCUT2D eigenvalue weighted by Gasteiger charge is -2.00. The fraction of sp³-hybridized carbons (Fsp3) is 0. The van der Waals surface area contributed by atoms with E-state index in [9.17, 15) is 0 Å². The van der Waals surface area contributed by atoms with Crippen molar-refractivity contribution in [1.82, 2.24) is 19.7 Å². The molecule has 3 rings (SSSR count). The van der Waals surface area contributed by atoms with E-state index in [1.54, 1.807) is 23.3 Å². The highest BCUT2D eigenvalue weighted by Crippen LogP contribution is 2.13. The molecule has 0 unspecified atom stereocenters. The molecule has 0 amide bonds. The van der Waals surface area contributed by atoms with Crippen molar-refractivity contribution in [2.75, 3.05) is 0 Å². The van der Waals surface area contributed by atoms with Crippen molar-refractivity contribution in [3.63, 3.8) is 0 Å². The molecule has 4 heteroatoms. The number of hydrogen-bond donors (Lipinski definition) is 0. The van der Waals surface area contributed by atoms with Crippen LogP contribution in [0.5, 0.6) is 0 Å². The van der Waals surface area contributed by atoms with Crippen molar-refractivity contribution in [3.8, 4) is 5.82 Å². The maximum Gasteiger partial charge on any atom is 0.154 e. The summed E-state index contributed by atoms with van der Waals surface area (Å²) < 4.78 is 1.78. The van der Waals surface area contributed by atoms with Gasteiger partial charge in [-0.2, -0.15) is 5.10 Å². The Morgan fingerprint density at radius 2 is 1.87 bits per heavy atom. The van der Waals surface area contributed by atoms with Gasteiger partial charge in [-0.3, -0.25) is 4.98 Å². The summed E-state index contributed by atoms with van der Waals surface area (Å²) in [5, 5.41) is 4.26. The molecule has 0 aliphatic heterocycles. The van der Waals surface area contributed by atoms with Gasteiger partial charge in [0.1, 0.15) is 5.52 Å². The minimum absolute atomic E-state index is 0.806. The monoisotopic (exact) mass is 196 g/mol. The van der Waals surface area contributed by atoms with Gasteiger partial charge in [0.2, 0.25) is 0 Å². The first-order valence-electron chi connectivity index (χ1n) is 4.65. The van der Waals surface area contributed by atoms with Gasteiger partial charge in [0.05, 0.1) is 11.7 Å². The van der Waals surface area contributed by atoms with E-state index in [1.807, 2.05) is 30.3 Å². The Balaban J connectivity index is 2.28. The Bertz CT molecular complexity index is 586. The Kier molecular flexibility index (Phi) is 1.71. The summed E-state index contributed by atoms with van der Waals surface area (Å²) in [6, 6.07) is 9.60. The first kappa shape index (κ1) is 8.11. The van der Waals surface area contributed by atoms with E-state index in [1.165, 1.54) is 0 Å². The largest absolute Gasteiger partial charge is 0.253 e. The molecule has 4 nitrogen and oxygen atoms in total. The van der Waals surface area contributed by atoms with E-state index in [0.717, 1.165) is 16.9 Å². The summed E-state index contributed by atoms with van der Waals surface area (Å²) in [5.41, 5.74) is 1.85. The third-order valence-corrected chi connectivity index (χ3v) is 2.21. The van der Waals surface area contributed by atoms with Crippen LogP contribution in [0.1, 0.15) is 0 Å². The summed E-state index contributed by atoms with van der Waals surface area (Å²) in [5.74, 6) is 0.806. The van der Waals surface area contributed by atoms with E-state index >= 15 is 0 Å². The standard InChI is InChI=1S/C11H8N4/c1-2-6-13-11(5-1)15-10-4-3-7-12-9(10)8-14-15/h1-8H. The van der Waals surface area contributed by atoms with Crippen molar-refractivity contribution >= 4 is 11.0 Å². The van der Waals surface area contributed by atoms with Gasteiger partial charge in [-0.1, -0.05) is 6.07 Å². The van der Waals surface area contributed by atoms with Gasteiger partial charge in [0, 0.05) is 12.4 Å². The molecule has 0 spiro atoms. The fourth-order valence-corrected chi connectivity index (χ4v) is 1.52. The summed E-state index contributed by atoms with van der Waals surface area (Å²) in [7, 11) is 0. The van der Waals surface area contributed by atoms with Gasteiger partial charge in [0.25, 0.3) is 0 Å². The number of pyridine rings is 2. The topological polar surface area (TPSA) is 43.6 Å². The molecular weight excluding hydrogens is 188 g/mol. The van der Waals surface area contributed by atoms with E-state index in [0.29, 0.717) is 0 Å². The third-order valence-electron chi connectivity index (χ3n) is 2.21. The van der Waals surface area contributed by atoms with Gasteiger partial charge < -0.3 is 0 Å². The molecule has 3 heterocycles. The number of rotatable bonds is 1. The molecule has 0 radical (unpaired) electrons. The van der Waals surface area contributed by atoms with Gasteiger partial charge in [-0.25, -0.2) is 9.67 Å². The van der Waals surface area contributed by atoms with Crippen LogP contribution in [0.3, 0.4) is 0 Å². The molecule has 0 aliphatic rings. The van der Waals surface area contributed by atoms with Crippen LogP contribution in [0.15, 0.2) is 48.9 Å². The first-order chi connectivity index (χ1) is 7.45. The molecular formula is C11H8N4. The molecule has 0 atom stereocenters. The number of aromatic nitrogens is 4. The van der Waals surface area contributed by atoms with Crippen molar-refractivity contribution in [2.45, 2.75) is 0 Å². The average Bonchev–Trinajstić information content (AvgIpc) is 2.74. The number of hydrogen-bond acceptors (Lipinski definition) is 3. The molecule has 0 saturated carbocycles. The molecule has 15 heavy (non-hydrogen) atoms. The predicted molar refractivity (Wildman–Crippen MR) is 56.7 cm³/mol. The first-order valence-corrected chi connectivity index (χ1v) is 4.65. The Morgan fingerprint density at radius 3 is 2.73 bits per heavy atom. The highest BCUT2D eigenvalue weighted by molar-refractivity contribution is 5.75. The second-order valence-electron chi connectivity index (χ2n) is 3.15. The highest BCUT2D eigenvalue weighted by Gasteiger charge is 2.04. The Morgan fingerprint density at radius 1 is 0.933 bits per heavy atom. The van der Waals surface area contributed by atoms with Crippen LogP contribution in [-0.2, 0) is 0 Å². The smallest absolute Gasteiger partial charge is 0.154 e. The highest BCUT2D eigenvalue weighted by atomic mass is 15.3. The fourth-order valence-electron chi connectivity index (χ4n) is 1.52. The lowest BCUT2D eigenvalue weighted by molar-refractivity contribution is 0.874. The van der Waals surface area contributed by atoms with E-state index in [2.05, 4.69) is 15.1 Å². The minimum Gasteiger partial charge on any atom is -0.253 e. The third kappa shape index (κ3) is 1.27. The van der Waals surface area contributed by atoms with Gasteiger partial charge in [-0.05, 0) is 24.3 Å². The van der Waals surface area contributed by atoms with Crippen LogP contribution in [0.2, 0.25) is 0 Å². The molecule has 0 aliphatic carbocycles. The van der Waals surface area contributed by atoms with Crippen molar-refractivity contribution in [1.29, 1.82) is 0 Å². The van der Waals surface area contributed by atoms with Crippen LogP contribution in [-0.4, -0.2) is 19.7 Å². The lowest BCUT2D eigenvalue weighted by Crippen LogP contribution is -1.97. The van der Waals surface area contributed by atoms with E-state index < -0.39 is 0 Å². The van der Waals surface area contributed by atoms with Crippen molar-refractivity contribution in [2.24, 2.45) is 0 Å². The minimum atomic E-state index is 0.806. The maximum atomic E-state index is 4.26. The van der Waals surface area contributed by atoms with E-state index in [-0.39, 0.29) is 0 Å². The van der Waals surface area contributed by atoms with Gasteiger partial charge in [-0.15, -0.1) is 0 Å². The molecule has 0 bridgehead atoms. The van der Waals surface area contributed by atoms with Crippen LogP contribution in [0, 0.1) is 0 Å². The molecule has 72 valence electrons. The van der Waals surface area contributed by atoms with Crippen molar-refractivity contribution in [3.05, 3.63) is 48.9 Å². The summed E-state index contributed by atoms with van der Waals surface area (Å²) in [4.78, 5) is 8.46. The van der Waals surface area contributed by atoms with Gasteiger partial charge in [0.15, 0.2) is 5.82 Å². The Labute approximate surface area is 86.2 Å². The lowest BCUT2D eigenvalue weighted by atomic mass is 10.4. The van der Waals surface area contributed by atoms with Crippen LogP contribution >= 0.6 is 0 Å². The summed E-state index contributed by atoms with van der Waals surface area (Å²) in [6.45, 7) is 0. The zero-order chi connectivity index (χ0) is 10.1. The number of fused-ring (bicyclic) bond motifs is 1. The maximum absolute atomic E-state index is 4.26. The Hall–Kier alpha value is -2.23. The SMILES string of the molecule is c1ccc(-n2ncc3ncccc32)nc1. The van der Waals surface area contributed by atoms with Crippen LogP contribution in [0.25, 0.3) is 16.9 Å². The quantitative estimate of drug-likeness (QED) is 0.596. The second kappa shape index (κ2) is 3.16. The zero-order valence-electron chi connectivity index (χ0n) is 7.91. The van der Waals surface area contributed by atoms with Gasteiger partial charge >= 0.3 is 0 Å². The normalized spacial score (nSPS) is 10.7. The summed E-state index contributed by atoms with van der Waals surface area (Å²) >= 11 is 0. The molecule has 3 aromatic heterocycles. The predicted octanol–water partition coefficient (Wildman–Crippen LogP) is 1.82. The number of nitrogens with zero attached hydrogens (tertiary/aromatic N) is 4. The molecule has 0 saturated heterocycles. The van der Waals surface area contributed by atoms with Crippen LogP contribution < -0.4 is 0 Å². The van der Waals surface area contributed by atoms with Crippen LogP contribution in [0.4, 0.5) is 0 Å². The zero-order valence-corrected chi connectivity index (χ0v) is 7.91. The second-order valence-corrected chi connectivity index (χ2v) is 3.15. The van der Waals surface area contributed by atoms with E-state index in [4.69, 9.17) is 0 Å². The van der Waals surface area contributed by atoms with Crippen molar-refractivity contribution < 1.29 is 0 Å². The molecule has 0 aromatic carbocycles. The molecule has 0 N–H and O–H groups in total.